The van der Waals surface area contributed by atoms with Crippen molar-refractivity contribution >= 4 is 33.2 Å². The summed E-state index contributed by atoms with van der Waals surface area (Å²) in [5.74, 6) is -0.378. The van der Waals surface area contributed by atoms with Crippen LogP contribution in [0.1, 0.15) is 25.7 Å². The normalized spacial score (nSPS) is 24.7. The molecule has 0 heterocycles. The molecule has 0 bridgehead atoms. The van der Waals surface area contributed by atoms with Crippen molar-refractivity contribution in [2.24, 2.45) is 0 Å². The zero-order valence-corrected chi connectivity index (χ0v) is 11.6. The first-order valence-corrected chi connectivity index (χ1v) is 6.84. The highest BCUT2D eigenvalue weighted by atomic mass is 79.9. The van der Waals surface area contributed by atoms with E-state index >= 15 is 0 Å². The van der Waals surface area contributed by atoms with E-state index in [1.54, 1.807) is 0 Å². The predicted octanol–water partition coefficient (Wildman–Crippen LogP) is 3.96. The monoisotopic (exact) mass is 321 g/mol. The summed E-state index contributed by atoms with van der Waals surface area (Å²) in [4.78, 5) is 0. The van der Waals surface area contributed by atoms with Gasteiger partial charge < -0.3 is 10.4 Å². The van der Waals surface area contributed by atoms with E-state index in [1.807, 2.05) is 0 Å². The molecule has 0 amide bonds. The van der Waals surface area contributed by atoms with E-state index in [0.29, 0.717) is 15.2 Å². The summed E-state index contributed by atoms with van der Waals surface area (Å²) in [6.07, 6.45) is 3.48. The van der Waals surface area contributed by atoms with Gasteiger partial charge in [-0.2, -0.15) is 0 Å². The average molecular weight is 323 g/mol. The van der Waals surface area contributed by atoms with Gasteiger partial charge in [0.2, 0.25) is 0 Å². The van der Waals surface area contributed by atoms with Gasteiger partial charge >= 0.3 is 0 Å². The molecule has 0 aromatic heterocycles. The van der Waals surface area contributed by atoms with Crippen molar-refractivity contribution in [1.29, 1.82) is 0 Å². The smallest absolute Gasteiger partial charge is 0.125 e. The molecule has 0 aliphatic heterocycles. The Bertz CT molecular complexity index is 392. The number of aliphatic hydroxyl groups is 1. The summed E-state index contributed by atoms with van der Waals surface area (Å²) in [5, 5.41) is 13.4. The number of rotatable bonds is 2. The molecule has 1 aromatic carbocycles. The zero-order chi connectivity index (χ0) is 12.4. The van der Waals surface area contributed by atoms with Crippen LogP contribution in [0.3, 0.4) is 0 Å². The van der Waals surface area contributed by atoms with Crippen LogP contribution in [-0.4, -0.2) is 17.3 Å². The quantitative estimate of drug-likeness (QED) is 0.864. The van der Waals surface area contributed by atoms with E-state index in [1.165, 1.54) is 12.1 Å². The molecular formula is C12H14BrClFNO. The average Bonchev–Trinajstić information content (AvgIpc) is 2.25. The van der Waals surface area contributed by atoms with Crippen LogP contribution in [0.2, 0.25) is 5.02 Å². The summed E-state index contributed by atoms with van der Waals surface area (Å²) >= 11 is 9.26. The molecule has 1 saturated carbocycles. The van der Waals surface area contributed by atoms with Crippen LogP contribution in [0.4, 0.5) is 10.1 Å². The van der Waals surface area contributed by atoms with Crippen molar-refractivity contribution in [3.05, 3.63) is 27.4 Å². The fraction of sp³-hybridized carbons (Fsp3) is 0.500. The van der Waals surface area contributed by atoms with Crippen molar-refractivity contribution in [3.8, 4) is 0 Å². The second-order valence-electron chi connectivity index (χ2n) is 4.35. The van der Waals surface area contributed by atoms with Gasteiger partial charge in [-0.15, -0.1) is 0 Å². The van der Waals surface area contributed by atoms with E-state index in [9.17, 15) is 9.50 Å². The van der Waals surface area contributed by atoms with Crippen LogP contribution >= 0.6 is 27.5 Å². The molecule has 0 radical (unpaired) electrons. The second-order valence-corrected chi connectivity index (χ2v) is 5.61. The predicted molar refractivity (Wildman–Crippen MR) is 71.0 cm³/mol. The molecule has 1 aromatic rings. The molecule has 2 N–H and O–H groups in total. The van der Waals surface area contributed by atoms with Crippen molar-refractivity contribution in [2.45, 2.75) is 37.8 Å². The third-order valence-corrected chi connectivity index (χ3v) is 3.99. The Morgan fingerprint density at radius 1 is 1.35 bits per heavy atom. The highest BCUT2D eigenvalue weighted by Gasteiger charge is 2.24. The molecule has 2 nitrogen and oxygen atoms in total. The SMILES string of the molecule is O[C@@H]1CCCC[C@H]1Nc1c(Cl)cc(F)cc1Br. The molecule has 0 spiro atoms. The lowest BCUT2D eigenvalue weighted by atomic mass is 9.92. The lowest BCUT2D eigenvalue weighted by Crippen LogP contribution is -2.36. The van der Waals surface area contributed by atoms with E-state index in [4.69, 9.17) is 11.6 Å². The number of halogens is 3. The number of nitrogens with one attached hydrogen (secondary N) is 1. The van der Waals surface area contributed by atoms with E-state index in [-0.39, 0.29) is 18.0 Å². The Morgan fingerprint density at radius 2 is 2.06 bits per heavy atom. The van der Waals surface area contributed by atoms with Gasteiger partial charge in [-0.3, -0.25) is 0 Å². The Hall–Kier alpha value is -0.320. The van der Waals surface area contributed by atoms with Gasteiger partial charge in [-0.05, 0) is 40.9 Å². The maximum Gasteiger partial charge on any atom is 0.125 e. The minimum Gasteiger partial charge on any atom is -0.391 e. The van der Waals surface area contributed by atoms with Crippen LogP contribution in [-0.2, 0) is 0 Å². The summed E-state index contributed by atoms with van der Waals surface area (Å²) in [6, 6.07) is 2.62. The fourth-order valence-electron chi connectivity index (χ4n) is 2.15. The van der Waals surface area contributed by atoms with Crippen molar-refractivity contribution in [1.82, 2.24) is 0 Å². The number of hydrogen-bond donors (Lipinski definition) is 2. The lowest BCUT2D eigenvalue weighted by Gasteiger charge is -2.30. The second kappa shape index (κ2) is 5.55. The molecule has 2 rings (SSSR count). The Labute approximate surface area is 113 Å². The van der Waals surface area contributed by atoms with Crippen LogP contribution in [0.25, 0.3) is 0 Å². The van der Waals surface area contributed by atoms with Gasteiger partial charge in [0.1, 0.15) is 5.82 Å². The van der Waals surface area contributed by atoms with E-state index in [0.717, 1.165) is 25.7 Å². The third-order valence-electron chi connectivity index (χ3n) is 3.07. The molecule has 1 aliphatic carbocycles. The standard InChI is InChI=1S/C12H14BrClFNO/c13-8-5-7(15)6-9(14)12(8)16-10-3-1-2-4-11(10)17/h5-6,10-11,16-17H,1-4H2/t10-,11-/m1/s1. The molecule has 0 saturated heterocycles. The number of aliphatic hydroxyl groups excluding tert-OH is 1. The maximum absolute atomic E-state index is 13.1. The highest BCUT2D eigenvalue weighted by Crippen LogP contribution is 2.34. The van der Waals surface area contributed by atoms with Crippen LogP contribution < -0.4 is 5.32 Å². The van der Waals surface area contributed by atoms with Crippen molar-refractivity contribution < 1.29 is 9.50 Å². The Balaban J connectivity index is 2.17. The topological polar surface area (TPSA) is 32.3 Å². The minimum atomic E-state index is -0.378. The molecule has 2 atom stereocenters. The first-order chi connectivity index (χ1) is 8.08. The summed E-state index contributed by atoms with van der Waals surface area (Å²) in [5.41, 5.74) is 0.652. The lowest BCUT2D eigenvalue weighted by molar-refractivity contribution is 0.116. The largest absolute Gasteiger partial charge is 0.391 e. The van der Waals surface area contributed by atoms with Crippen molar-refractivity contribution in [2.75, 3.05) is 5.32 Å². The molecule has 17 heavy (non-hydrogen) atoms. The molecule has 94 valence electrons. The van der Waals surface area contributed by atoms with Gasteiger partial charge in [0.05, 0.1) is 22.9 Å². The van der Waals surface area contributed by atoms with Gasteiger partial charge in [0, 0.05) is 4.47 Å². The van der Waals surface area contributed by atoms with Gasteiger partial charge in [-0.25, -0.2) is 4.39 Å². The molecule has 1 aliphatic rings. The number of hydrogen-bond acceptors (Lipinski definition) is 2. The minimum absolute atomic E-state index is 0.0111. The molecule has 1 fully saturated rings. The molecular weight excluding hydrogens is 308 g/mol. The fourth-order valence-corrected chi connectivity index (χ4v) is 3.07. The van der Waals surface area contributed by atoms with E-state index < -0.39 is 0 Å². The molecule has 5 heteroatoms. The van der Waals surface area contributed by atoms with Crippen molar-refractivity contribution in [3.63, 3.8) is 0 Å². The van der Waals surface area contributed by atoms with Gasteiger partial charge in [-0.1, -0.05) is 24.4 Å². The summed E-state index contributed by atoms with van der Waals surface area (Å²) in [6.45, 7) is 0. The Morgan fingerprint density at radius 3 is 2.71 bits per heavy atom. The van der Waals surface area contributed by atoms with Crippen LogP contribution in [0.5, 0.6) is 0 Å². The summed E-state index contributed by atoms with van der Waals surface area (Å²) < 4.78 is 13.7. The highest BCUT2D eigenvalue weighted by molar-refractivity contribution is 9.10. The van der Waals surface area contributed by atoms with Gasteiger partial charge in [0.15, 0.2) is 0 Å². The van der Waals surface area contributed by atoms with Crippen LogP contribution in [0, 0.1) is 5.82 Å². The zero-order valence-electron chi connectivity index (χ0n) is 9.22. The number of benzene rings is 1. The van der Waals surface area contributed by atoms with Crippen LogP contribution in [0.15, 0.2) is 16.6 Å². The van der Waals surface area contributed by atoms with E-state index in [2.05, 4.69) is 21.2 Å². The molecule has 0 unspecified atom stereocenters. The Kier molecular flexibility index (Phi) is 4.28. The number of anilines is 1. The first-order valence-electron chi connectivity index (χ1n) is 5.67. The summed E-state index contributed by atoms with van der Waals surface area (Å²) in [7, 11) is 0. The van der Waals surface area contributed by atoms with Gasteiger partial charge in [0.25, 0.3) is 0 Å². The third kappa shape index (κ3) is 3.12. The first kappa shape index (κ1) is 13.1. The maximum atomic E-state index is 13.1.